The molecule has 1 N–H and O–H groups in total. The number of H-pyrrole nitrogens is 1. The highest BCUT2D eigenvalue weighted by Crippen LogP contribution is 2.30. The SMILES string of the molecule is CCC1C=C(c2ccccc2)N=C(c2ccc3[nH]c4ccccc4c3c2)N=C1c1ccccc1. The van der Waals surface area contributed by atoms with Crippen molar-refractivity contribution in [2.45, 2.75) is 13.3 Å². The monoisotopic (exact) mass is 439 g/mol. The van der Waals surface area contributed by atoms with E-state index in [-0.39, 0.29) is 5.92 Å². The highest BCUT2D eigenvalue weighted by Gasteiger charge is 2.21. The number of nitrogens with zero attached hydrogens (tertiary/aromatic N) is 2. The molecule has 0 amide bonds. The Morgan fingerprint density at radius 1 is 0.647 bits per heavy atom. The first-order valence-corrected chi connectivity index (χ1v) is 11.8. The fourth-order valence-electron chi connectivity index (χ4n) is 4.73. The molecule has 0 saturated heterocycles. The van der Waals surface area contributed by atoms with Gasteiger partial charge in [0.25, 0.3) is 0 Å². The molecule has 1 aromatic heterocycles. The number of para-hydroxylation sites is 1. The van der Waals surface area contributed by atoms with E-state index in [0.29, 0.717) is 0 Å². The second-order valence-corrected chi connectivity index (χ2v) is 8.66. The number of rotatable bonds is 4. The minimum absolute atomic E-state index is 0.177. The molecule has 1 atom stereocenters. The molecule has 1 aliphatic rings. The molecule has 4 aromatic carbocycles. The van der Waals surface area contributed by atoms with Gasteiger partial charge in [-0.1, -0.05) is 85.8 Å². The zero-order chi connectivity index (χ0) is 22.9. The number of allylic oxidation sites excluding steroid dienone is 1. The quantitative estimate of drug-likeness (QED) is 0.299. The van der Waals surface area contributed by atoms with Crippen molar-refractivity contribution in [1.29, 1.82) is 0 Å². The highest BCUT2D eigenvalue weighted by molar-refractivity contribution is 6.18. The van der Waals surface area contributed by atoms with E-state index in [1.54, 1.807) is 0 Å². The zero-order valence-electron chi connectivity index (χ0n) is 19.1. The van der Waals surface area contributed by atoms with Crippen LogP contribution in [0.4, 0.5) is 0 Å². The third-order valence-electron chi connectivity index (χ3n) is 6.51. The third kappa shape index (κ3) is 3.65. The maximum absolute atomic E-state index is 5.22. The number of fused-ring (bicyclic) bond motifs is 3. The predicted octanol–water partition coefficient (Wildman–Crippen LogP) is 7.64. The highest BCUT2D eigenvalue weighted by atomic mass is 14.9. The number of nitrogens with one attached hydrogen (secondary N) is 1. The number of aliphatic imine (C=N–C) groups is 2. The van der Waals surface area contributed by atoms with Crippen LogP contribution in [0.2, 0.25) is 0 Å². The van der Waals surface area contributed by atoms with Gasteiger partial charge in [0.15, 0.2) is 5.84 Å². The number of amidine groups is 1. The molecule has 5 aromatic rings. The van der Waals surface area contributed by atoms with E-state index < -0.39 is 0 Å². The van der Waals surface area contributed by atoms with Crippen LogP contribution in [-0.2, 0) is 0 Å². The number of hydrogen-bond acceptors (Lipinski definition) is 2. The van der Waals surface area contributed by atoms with Crippen molar-refractivity contribution in [1.82, 2.24) is 4.98 Å². The normalized spacial score (nSPS) is 16.1. The molecule has 6 rings (SSSR count). The van der Waals surface area contributed by atoms with E-state index in [1.165, 1.54) is 10.8 Å². The molecule has 2 heterocycles. The lowest BCUT2D eigenvalue weighted by molar-refractivity contribution is 0.819. The fourth-order valence-corrected chi connectivity index (χ4v) is 4.73. The van der Waals surface area contributed by atoms with Gasteiger partial charge in [0.05, 0.1) is 11.4 Å². The molecule has 0 fully saturated rings. The van der Waals surface area contributed by atoms with E-state index in [4.69, 9.17) is 9.98 Å². The van der Waals surface area contributed by atoms with Gasteiger partial charge in [-0.25, -0.2) is 9.98 Å². The Morgan fingerprint density at radius 3 is 2.09 bits per heavy atom. The Labute approximate surface area is 199 Å². The smallest absolute Gasteiger partial charge is 0.160 e. The topological polar surface area (TPSA) is 40.5 Å². The molecule has 1 aliphatic heterocycles. The number of aromatic amines is 1. The van der Waals surface area contributed by atoms with Crippen molar-refractivity contribution >= 4 is 39.1 Å². The molecule has 164 valence electrons. The predicted molar refractivity (Wildman–Crippen MR) is 144 cm³/mol. The van der Waals surface area contributed by atoms with Crippen LogP contribution >= 0.6 is 0 Å². The lowest BCUT2D eigenvalue weighted by Crippen LogP contribution is -2.14. The van der Waals surface area contributed by atoms with Crippen LogP contribution in [0, 0.1) is 5.92 Å². The summed E-state index contributed by atoms with van der Waals surface area (Å²) >= 11 is 0. The van der Waals surface area contributed by atoms with Crippen molar-refractivity contribution < 1.29 is 0 Å². The standard InChI is InChI=1S/C31H25N3/c1-2-21-20-29(22-11-5-3-6-12-22)33-31(34-30(21)23-13-7-4-8-14-23)24-17-18-28-26(19-24)25-15-9-10-16-27(25)32-28/h3-21,32H,2H2,1H3. The molecule has 0 bridgehead atoms. The summed E-state index contributed by atoms with van der Waals surface area (Å²) < 4.78 is 0. The second-order valence-electron chi connectivity index (χ2n) is 8.66. The summed E-state index contributed by atoms with van der Waals surface area (Å²) in [6.07, 6.45) is 3.23. The maximum Gasteiger partial charge on any atom is 0.160 e. The van der Waals surface area contributed by atoms with Crippen LogP contribution in [0.5, 0.6) is 0 Å². The fraction of sp³-hybridized carbons (Fsp3) is 0.0968. The van der Waals surface area contributed by atoms with Crippen molar-refractivity contribution in [2.24, 2.45) is 15.9 Å². The summed E-state index contributed by atoms with van der Waals surface area (Å²) in [6, 6.07) is 35.8. The minimum Gasteiger partial charge on any atom is -0.355 e. The van der Waals surface area contributed by atoms with Crippen LogP contribution in [0.3, 0.4) is 0 Å². The second kappa shape index (κ2) is 8.60. The summed E-state index contributed by atoms with van der Waals surface area (Å²) in [6.45, 7) is 2.21. The van der Waals surface area contributed by atoms with Crippen LogP contribution in [0.15, 0.2) is 119 Å². The van der Waals surface area contributed by atoms with Gasteiger partial charge in [-0.2, -0.15) is 0 Å². The van der Waals surface area contributed by atoms with E-state index in [0.717, 1.165) is 51.4 Å². The molecule has 3 nitrogen and oxygen atoms in total. The Balaban J connectivity index is 1.57. The van der Waals surface area contributed by atoms with Crippen molar-refractivity contribution in [3.05, 3.63) is 126 Å². The first-order chi connectivity index (χ1) is 16.8. The van der Waals surface area contributed by atoms with Crippen LogP contribution in [0.1, 0.15) is 30.0 Å². The molecule has 3 heteroatoms. The number of aromatic nitrogens is 1. The molecule has 0 aliphatic carbocycles. The van der Waals surface area contributed by atoms with E-state index in [1.807, 2.05) is 12.1 Å². The maximum atomic E-state index is 5.22. The molecular weight excluding hydrogens is 414 g/mol. The largest absolute Gasteiger partial charge is 0.355 e. The first-order valence-electron chi connectivity index (χ1n) is 11.8. The summed E-state index contributed by atoms with van der Waals surface area (Å²) in [5.74, 6) is 0.924. The molecule has 0 radical (unpaired) electrons. The van der Waals surface area contributed by atoms with Gasteiger partial charge in [0, 0.05) is 33.3 Å². The molecular formula is C31H25N3. The molecule has 0 saturated carbocycles. The average Bonchev–Trinajstić information content (AvgIpc) is 3.15. The minimum atomic E-state index is 0.177. The van der Waals surface area contributed by atoms with Gasteiger partial charge >= 0.3 is 0 Å². The van der Waals surface area contributed by atoms with Crippen molar-refractivity contribution in [2.75, 3.05) is 0 Å². The Morgan fingerprint density at radius 2 is 1.32 bits per heavy atom. The van der Waals surface area contributed by atoms with Crippen molar-refractivity contribution in [3.8, 4) is 0 Å². The van der Waals surface area contributed by atoms with Gasteiger partial charge in [0.1, 0.15) is 0 Å². The summed E-state index contributed by atoms with van der Waals surface area (Å²) in [5, 5.41) is 2.40. The summed E-state index contributed by atoms with van der Waals surface area (Å²) in [4.78, 5) is 13.9. The number of benzene rings is 4. The Hall–Kier alpha value is -4.24. The molecule has 1 unspecified atom stereocenters. The molecule has 34 heavy (non-hydrogen) atoms. The van der Waals surface area contributed by atoms with Crippen LogP contribution in [0.25, 0.3) is 27.5 Å². The number of hydrogen-bond donors (Lipinski definition) is 1. The molecule has 0 spiro atoms. The van der Waals surface area contributed by atoms with Crippen LogP contribution < -0.4 is 0 Å². The van der Waals surface area contributed by atoms with Crippen molar-refractivity contribution in [3.63, 3.8) is 0 Å². The van der Waals surface area contributed by atoms with E-state index in [9.17, 15) is 0 Å². The average molecular weight is 440 g/mol. The van der Waals surface area contributed by atoms with Gasteiger partial charge < -0.3 is 4.98 Å². The summed E-state index contributed by atoms with van der Waals surface area (Å²) in [7, 11) is 0. The Bertz CT molecular complexity index is 1570. The first kappa shape index (κ1) is 20.4. The van der Waals surface area contributed by atoms with E-state index >= 15 is 0 Å². The Kier molecular flexibility index (Phi) is 5.15. The van der Waals surface area contributed by atoms with Gasteiger partial charge in [-0.05, 0) is 47.9 Å². The van der Waals surface area contributed by atoms with Gasteiger partial charge in [-0.15, -0.1) is 0 Å². The lowest BCUT2D eigenvalue weighted by Gasteiger charge is -2.14. The van der Waals surface area contributed by atoms with Gasteiger partial charge in [-0.3, -0.25) is 0 Å². The van der Waals surface area contributed by atoms with E-state index in [2.05, 4.69) is 109 Å². The zero-order valence-corrected chi connectivity index (χ0v) is 19.1. The summed E-state index contributed by atoms with van der Waals surface area (Å²) in [5.41, 5.74) is 7.56. The third-order valence-corrected chi connectivity index (χ3v) is 6.51. The lowest BCUT2D eigenvalue weighted by atomic mass is 9.92. The van der Waals surface area contributed by atoms with Crippen LogP contribution in [-0.4, -0.2) is 16.5 Å². The van der Waals surface area contributed by atoms with Gasteiger partial charge in [0.2, 0.25) is 0 Å².